The highest BCUT2D eigenvalue weighted by molar-refractivity contribution is 5.89. The van der Waals surface area contributed by atoms with Gasteiger partial charge in [0.05, 0.1) is 6.42 Å². The molecule has 2 aliphatic rings. The van der Waals surface area contributed by atoms with Gasteiger partial charge in [-0.05, 0) is 31.4 Å². The van der Waals surface area contributed by atoms with E-state index in [4.69, 9.17) is 0 Å². The van der Waals surface area contributed by atoms with E-state index in [1.165, 1.54) is 29.3 Å². The van der Waals surface area contributed by atoms with Crippen molar-refractivity contribution in [3.8, 4) is 0 Å². The molecule has 2 heterocycles. The van der Waals surface area contributed by atoms with E-state index >= 15 is 0 Å². The molecule has 0 bridgehead atoms. The highest BCUT2D eigenvalue weighted by Gasteiger charge is 2.53. The fraction of sp³-hybridized carbons (Fsp3) is 0.471. The summed E-state index contributed by atoms with van der Waals surface area (Å²) in [6.45, 7) is 5.09. The molecule has 4 rings (SSSR count). The number of hydrogen-bond donors (Lipinski definition) is 0. The summed E-state index contributed by atoms with van der Waals surface area (Å²) in [6, 6.07) is 8.38. The van der Waals surface area contributed by atoms with E-state index in [1.54, 1.807) is 0 Å². The van der Waals surface area contributed by atoms with E-state index in [1.807, 2.05) is 4.90 Å². The van der Waals surface area contributed by atoms with Crippen LogP contribution in [0.25, 0.3) is 10.9 Å². The molecule has 1 aromatic carbocycles. The minimum atomic E-state index is 0.293. The number of carbonyl (C=O) groups excluding carboxylic acids is 1. The van der Waals surface area contributed by atoms with Crippen molar-refractivity contribution in [1.82, 2.24) is 9.47 Å². The largest absolute Gasteiger partial charge is 0.347 e. The topological polar surface area (TPSA) is 25.2 Å². The first-order valence-corrected chi connectivity index (χ1v) is 7.55. The van der Waals surface area contributed by atoms with Crippen LogP contribution in [0.15, 0.2) is 30.5 Å². The monoisotopic (exact) mass is 268 g/mol. The maximum Gasteiger partial charge on any atom is 0.227 e. The van der Waals surface area contributed by atoms with Crippen LogP contribution in [-0.4, -0.2) is 28.5 Å². The van der Waals surface area contributed by atoms with E-state index in [-0.39, 0.29) is 0 Å². The lowest BCUT2D eigenvalue weighted by atomic mass is 9.96. The molecular weight excluding hydrogens is 248 g/mol. The Bertz CT molecular complexity index is 673. The van der Waals surface area contributed by atoms with Crippen LogP contribution in [0.5, 0.6) is 0 Å². The van der Waals surface area contributed by atoms with Crippen LogP contribution in [0.3, 0.4) is 0 Å². The second kappa shape index (κ2) is 4.11. The van der Waals surface area contributed by atoms with Gasteiger partial charge >= 0.3 is 0 Å². The van der Waals surface area contributed by atoms with Gasteiger partial charge in [0, 0.05) is 42.1 Å². The predicted molar refractivity (Wildman–Crippen MR) is 79.6 cm³/mol. The minimum absolute atomic E-state index is 0.293. The lowest BCUT2D eigenvalue weighted by molar-refractivity contribution is -0.137. The highest BCUT2D eigenvalue weighted by atomic mass is 16.2. The van der Waals surface area contributed by atoms with Crippen molar-refractivity contribution < 1.29 is 4.79 Å². The molecule has 104 valence electrons. The predicted octanol–water partition coefficient (Wildman–Crippen LogP) is 2.83. The van der Waals surface area contributed by atoms with Crippen LogP contribution in [0.4, 0.5) is 0 Å². The molecule has 1 spiro atoms. The van der Waals surface area contributed by atoms with Crippen molar-refractivity contribution in [3.05, 3.63) is 36.0 Å². The number of benzene rings is 1. The number of aryl methyl sites for hydroxylation is 1. The maximum absolute atomic E-state index is 12.4. The van der Waals surface area contributed by atoms with Gasteiger partial charge in [-0.3, -0.25) is 4.79 Å². The third kappa shape index (κ3) is 1.76. The van der Waals surface area contributed by atoms with Gasteiger partial charge < -0.3 is 9.47 Å². The SMILES string of the molecule is CCn1cc(CC(=O)N2CC3(CC3)C2)c2ccccc21. The fourth-order valence-electron chi connectivity index (χ4n) is 3.43. The Balaban J connectivity index is 1.57. The van der Waals surface area contributed by atoms with Crippen LogP contribution in [0.1, 0.15) is 25.3 Å². The molecule has 0 unspecified atom stereocenters. The van der Waals surface area contributed by atoms with Crippen molar-refractivity contribution in [1.29, 1.82) is 0 Å². The Morgan fingerprint density at radius 1 is 1.25 bits per heavy atom. The molecule has 2 aromatic rings. The second-order valence-corrected chi connectivity index (χ2v) is 6.38. The van der Waals surface area contributed by atoms with Gasteiger partial charge in [0.25, 0.3) is 0 Å². The number of nitrogens with zero attached hydrogens (tertiary/aromatic N) is 2. The van der Waals surface area contributed by atoms with Crippen molar-refractivity contribution in [3.63, 3.8) is 0 Å². The summed E-state index contributed by atoms with van der Waals surface area (Å²) >= 11 is 0. The third-order valence-electron chi connectivity index (χ3n) is 4.92. The Kier molecular flexibility index (Phi) is 2.47. The van der Waals surface area contributed by atoms with Crippen molar-refractivity contribution >= 4 is 16.8 Å². The van der Waals surface area contributed by atoms with Gasteiger partial charge in [-0.1, -0.05) is 18.2 Å². The van der Waals surface area contributed by atoms with Crippen molar-refractivity contribution in [2.75, 3.05) is 13.1 Å². The van der Waals surface area contributed by atoms with Gasteiger partial charge in [-0.15, -0.1) is 0 Å². The summed E-state index contributed by atoms with van der Waals surface area (Å²) in [5, 5.41) is 1.23. The van der Waals surface area contributed by atoms with Gasteiger partial charge in [-0.25, -0.2) is 0 Å². The van der Waals surface area contributed by atoms with E-state index in [9.17, 15) is 4.79 Å². The molecule has 1 saturated carbocycles. The molecule has 1 amide bonds. The number of fused-ring (bicyclic) bond motifs is 1. The molecule has 3 nitrogen and oxygen atoms in total. The Morgan fingerprint density at radius 2 is 2.00 bits per heavy atom. The molecular formula is C17H20N2O. The fourth-order valence-corrected chi connectivity index (χ4v) is 3.43. The molecule has 2 fully saturated rings. The average molecular weight is 268 g/mol. The third-order valence-corrected chi connectivity index (χ3v) is 4.92. The zero-order chi connectivity index (χ0) is 13.7. The minimum Gasteiger partial charge on any atom is -0.347 e. The van der Waals surface area contributed by atoms with E-state index in [0.29, 0.717) is 17.7 Å². The Hall–Kier alpha value is -1.77. The van der Waals surface area contributed by atoms with Crippen LogP contribution in [0.2, 0.25) is 0 Å². The first-order valence-electron chi connectivity index (χ1n) is 7.55. The van der Waals surface area contributed by atoms with E-state index in [2.05, 4.69) is 42.0 Å². The van der Waals surface area contributed by atoms with Gasteiger partial charge in [0.1, 0.15) is 0 Å². The van der Waals surface area contributed by atoms with Gasteiger partial charge in [-0.2, -0.15) is 0 Å². The number of carbonyl (C=O) groups is 1. The molecule has 0 radical (unpaired) electrons. The lowest BCUT2D eigenvalue weighted by Gasteiger charge is -2.40. The molecule has 1 saturated heterocycles. The van der Waals surface area contributed by atoms with Crippen LogP contribution < -0.4 is 0 Å². The number of amides is 1. The number of likely N-dealkylation sites (tertiary alicyclic amines) is 1. The first kappa shape index (κ1) is 12.0. The average Bonchev–Trinajstić information content (AvgIpc) is 3.16. The standard InChI is InChI=1S/C17H20N2O/c1-2-18-10-13(14-5-3-4-6-15(14)18)9-16(20)19-11-17(12-19)7-8-17/h3-6,10H,2,7-9,11-12H2,1H3. The lowest BCUT2D eigenvalue weighted by Crippen LogP contribution is -2.52. The summed E-state index contributed by atoms with van der Waals surface area (Å²) in [5.74, 6) is 0.293. The Morgan fingerprint density at radius 3 is 2.70 bits per heavy atom. The van der Waals surface area contributed by atoms with Crippen LogP contribution >= 0.6 is 0 Å². The van der Waals surface area contributed by atoms with E-state index in [0.717, 1.165) is 19.6 Å². The van der Waals surface area contributed by atoms with Crippen molar-refractivity contribution in [2.45, 2.75) is 32.7 Å². The molecule has 1 aliphatic heterocycles. The quantitative estimate of drug-likeness (QED) is 0.840. The molecule has 0 atom stereocenters. The van der Waals surface area contributed by atoms with Crippen LogP contribution in [-0.2, 0) is 17.8 Å². The smallest absolute Gasteiger partial charge is 0.227 e. The number of aromatic nitrogens is 1. The van der Waals surface area contributed by atoms with Gasteiger partial charge in [0.2, 0.25) is 5.91 Å². The number of hydrogen-bond acceptors (Lipinski definition) is 1. The van der Waals surface area contributed by atoms with Gasteiger partial charge in [0.15, 0.2) is 0 Å². The Labute approximate surface area is 119 Å². The highest BCUT2D eigenvalue weighted by Crippen LogP contribution is 2.52. The summed E-state index contributed by atoms with van der Waals surface area (Å²) in [6.07, 6.45) is 5.34. The second-order valence-electron chi connectivity index (χ2n) is 6.38. The maximum atomic E-state index is 12.4. The van der Waals surface area contributed by atoms with Crippen molar-refractivity contribution in [2.24, 2.45) is 5.41 Å². The van der Waals surface area contributed by atoms with E-state index < -0.39 is 0 Å². The number of rotatable bonds is 3. The molecule has 3 heteroatoms. The molecule has 1 aliphatic carbocycles. The summed E-state index contributed by atoms with van der Waals surface area (Å²) in [7, 11) is 0. The molecule has 0 N–H and O–H groups in total. The zero-order valence-electron chi connectivity index (χ0n) is 11.9. The normalized spacial score (nSPS) is 19.4. The number of para-hydroxylation sites is 1. The summed E-state index contributed by atoms with van der Waals surface area (Å²) in [4.78, 5) is 14.4. The zero-order valence-corrected chi connectivity index (χ0v) is 11.9. The summed E-state index contributed by atoms with van der Waals surface area (Å²) in [5.41, 5.74) is 2.96. The molecule has 1 aromatic heterocycles. The first-order chi connectivity index (χ1) is 9.71. The van der Waals surface area contributed by atoms with Crippen LogP contribution in [0, 0.1) is 5.41 Å². The summed E-state index contributed by atoms with van der Waals surface area (Å²) < 4.78 is 2.23. The molecule has 20 heavy (non-hydrogen) atoms.